The quantitative estimate of drug-likeness (QED) is 0.842. The molecule has 1 aliphatic heterocycles. The van der Waals surface area contributed by atoms with Crippen LogP contribution in [-0.2, 0) is 14.3 Å². The van der Waals surface area contributed by atoms with Crippen LogP contribution in [0.4, 0.5) is 0 Å². The maximum absolute atomic E-state index is 12.2. The highest BCUT2D eigenvalue weighted by Gasteiger charge is 2.42. The summed E-state index contributed by atoms with van der Waals surface area (Å²) in [7, 11) is 4.53. The van der Waals surface area contributed by atoms with Crippen molar-refractivity contribution in [2.45, 2.75) is 18.4 Å². The Hall–Kier alpha value is -2.57. The first-order valence-corrected chi connectivity index (χ1v) is 7.94. The molecule has 2 aromatic carbocycles. The van der Waals surface area contributed by atoms with Gasteiger partial charge in [0.05, 0.1) is 27.4 Å². The van der Waals surface area contributed by atoms with Crippen LogP contribution < -0.4 is 14.8 Å². The Morgan fingerprint density at radius 1 is 1.04 bits per heavy atom. The minimum absolute atomic E-state index is 0.314. The zero-order valence-corrected chi connectivity index (χ0v) is 14.4. The zero-order chi connectivity index (χ0) is 17.8. The average molecular weight is 343 g/mol. The van der Waals surface area contributed by atoms with Crippen molar-refractivity contribution in [3.05, 3.63) is 59.7 Å². The first-order chi connectivity index (χ1) is 12.2. The third-order valence-electron chi connectivity index (χ3n) is 4.23. The highest BCUT2D eigenvalue weighted by molar-refractivity contribution is 5.76. The molecule has 0 radical (unpaired) electrons. The van der Waals surface area contributed by atoms with Gasteiger partial charge in [-0.25, -0.2) is 4.79 Å². The van der Waals surface area contributed by atoms with E-state index >= 15 is 0 Å². The van der Waals surface area contributed by atoms with E-state index in [9.17, 15) is 4.79 Å². The van der Waals surface area contributed by atoms with Gasteiger partial charge in [-0.2, -0.15) is 0 Å². The lowest BCUT2D eigenvalue weighted by molar-refractivity contribution is -0.154. The van der Waals surface area contributed by atoms with Crippen molar-refractivity contribution in [1.29, 1.82) is 0 Å². The normalized spacial score (nSPS) is 22.4. The van der Waals surface area contributed by atoms with Crippen molar-refractivity contribution in [2.24, 2.45) is 0 Å². The van der Waals surface area contributed by atoms with E-state index in [4.69, 9.17) is 18.9 Å². The Morgan fingerprint density at radius 3 is 2.44 bits per heavy atom. The Bertz CT molecular complexity index is 734. The first-order valence-electron chi connectivity index (χ1n) is 7.94. The molecule has 6 nitrogen and oxygen atoms in total. The van der Waals surface area contributed by atoms with Gasteiger partial charge in [-0.15, -0.1) is 0 Å². The fourth-order valence-electron chi connectivity index (χ4n) is 2.95. The molecule has 3 unspecified atom stereocenters. The number of carbonyl (C=O) groups excluding carboxylic acids is 1. The standard InChI is InChI=1S/C19H21NO5/c1-22-13-9-10-14(15(11-13)23-2)18-20-16(12-7-5-4-6-8-12)17(25-18)19(21)24-3/h4-11,16-18,20H,1-3H3. The SMILES string of the molecule is COC(=O)C1OC(c2ccc(OC)cc2OC)NC1c1ccccc1. The summed E-state index contributed by atoms with van der Waals surface area (Å²) in [6.45, 7) is 0. The van der Waals surface area contributed by atoms with Crippen molar-refractivity contribution >= 4 is 5.97 Å². The molecule has 1 N–H and O–H groups in total. The monoisotopic (exact) mass is 343 g/mol. The Balaban J connectivity index is 1.93. The molecule has 0 aromatic heterocycles. The molecule has 1 fully saturated rings. The molecule has 6 heteroatoms. The van der Waals surface area contributed by atoms with Crippen LogP contribution in [0, 0.1) is 0 Å². The maximum Gasteiger partial charge on any atom is 0.337 e. The number of rotatable bonds is 5. The van der Waals surface area contributed by atoms with Crippen LogP contribution >= 0.6 is 0 Å². The molecule has 0 amide bonds. The van der Waals surface area contributed by atoms with Gasteiger partial charge in [0.2, 0.25) is 0 Å². The molecule has 2 aromatic rings. The molecule has 1 heterocycles. The third kappa shape index (κ3) is 3.45. The molecule has 0 aliphatic carbocycles. The summed E-state index contributed by atoms with van der Waals surface area (Å²) in [4.78, 5) is 12.2. The van der Waals surface area contributed by atoms with E-state index in [-0.39, 0.29) is 6.04 Å². The number of esters is 1. The number of nitrogens with one attached hydrogen (secondary N) is 1. The van der Waals surface area contributed by atoms with Crippen molar-refractivity contribution in [3.8, 4) is 11.5 Å². The van der Waals surface area contributed by atoms with Crippen LogP contribution in [0.15, 0.2) is 48.5 Å². The number of hydrogen-bond donors (Lipinski definition) is 1. The van der Waals surface area contributed by atoms with Crippen molar-refractivity contribution < 1.29 is 23.7 Å². The second-order valence-electron chi connectivity index (χ2n) is 5.62. The Kier molecular flexibility index (Phi) is 5.21. The molecule has 1 saturated heterocycles. The summed E-state index contributed by atoms with van der Waals surface area (Å²) in [5.41, 5.74) is 1.74. The fraction of sp³-hybridized carbons (Fsp3) is 0.316. The molecule has 0 bridgehead atoms. The molecule has 0 spiro atoms. The predicted octanol–water partition coefficient (Wildman–Crippen LogP) is 2.61. The highest BCUT2D eigenvalue weighted by atomic mass is 16.6. The second kappa shape index (κ2) is 7.55. The molecule has 0 saturated carbocycles. The smallest absolute Gasteiger partial charge is 0.337 e. The van der Waals surface area contributed by atoms with Crippen LogP contribution in [0.5, 0.6) is 11.5 Å². The summed E-state index contributed by atoms with van der Waals surface area (Å²) in [6, 6.07) is 14.8. The van der Waals surface area contributed by atoms with Crippen LogP contribution in [-0.4, -0.2) is 33.4 Å². The fourth-order valence-corrected chi connectivity index (χ4v) is 2.95. The van der Waals surface area contributed by atoms with Gasteiger partial charge in [-0.1, -0.05) is 30.3 Å². The molecule has 25 heavy (non-hydrogen) atoms. The van der Waals surface area contributed by atoms with Crippen LogP contribution in [0.1, 0.15) is 23.4 Å². The van der Waals surface area contributed by atoms with E-state index in [1.165, 1.54) is 7.11 Å². The van der Waals surface area contributed by atoms with Gasteiger partial charge in [-0.05, 0) is 17.7 Å². The first kappa shape index (κ1) is 17.3. The maximum atomic E-state index is 12.2. The second-order valence-corrected chi connectivity index (χ2v) is 5.62. The summed E-state index contributed by atoms with van der Waals surface area (Å²) < 4.78 is 21.6. The van der Waals surface area contributed by atoms with Crippen LogP contribution in [0.3, 0.4) is 0 Å². The van der Waals surface area contributed by atoms with Gasteiger partial charge < -0.3 is 18.9 Å². The Labute approximate surface area is 146 Å². The van der Waals surface area contributed by atoms with E-state index in [0.717, 1.165) is 11.1 Å². The van der Waals surface area contributed by atoms with Crippen molar-refractivity contribution in [2.75, 3.05) is 21.3 Å². The van der Waals surface area contributed by atoms with Gasteiger partial charge >= 0.3 is 5.97 Å². The average Bonchev–Trinajstić information content (AvgIpc) is 3.12. The molecule has 1 aliphatic rings. The molecule has 132 valence electrons. The van der Waals surface area contributed by atoms with E-state index in [1.54, 1.807) is 20.3 Å². The van der Waals surface area contributed by atoms with Gasteiger partial charge in [0.1, 0.15) is 17.7 Å². The number of carbonyl (C=O) groups is 1. The van der Waals surface area contributed by atoms with Crippen molar-refractivity contribution in [1.82, 2.24) is 5.32 Å². The lowest BCUT2D eigenvalue weighted by atomic mass is 10.0. The topological polar surface area (TPSA) is 66.0 Å². The molecular formula is C19H21NO5. The minimum atomic E-state index is -0.746. The molecule has 3 atom stereocenters. The Morgan fingerprint density at radius 2 is 1.80 bits per heavy atom. The third-order valence-corrected chi connectivity index (χ3v) is 4.23. The van der Waals surface area contributed by atoms with E-state index in [0.29, 0.717) is 11.5 Å². The highest BCUT2D eigenvalue weighted by Crippen LogP contribution is 2.38. The summed E-state index contributed by atoms with van der Waals surface area (Å²) in [6.07, 6.45) is -1.25. The largest absolute Gasteiger partial charge is 0.497 e. The van der Waals surface area contributed by atoms with E-state index in [2.05, 4.69) is 5.32 Å². The van der Waals surface area contributed by atoms with E-state index in [1.807, 2.05) is 42.5 Å². The lowest BCUT2D eigenvalue weighted by Gasteiger charge is -2.16. The number of benzene rings is 2. The number of hydrogen-bond acceptors (Lipinski definition) is 6. The minimum Gasteiger partial charge on any atom is -0.497 e. The van der Waals surface area contributed by atoms with Crippen LogP contribution in [0.25, 0.3) is 0 Å². The number of ether oxygens (including phenoxy) is 4. The predicted molar refractivity (Wildman–Crippen MR) is 91.5 cm³/mol. The van der Waals surface area contributed by atoms with Gasteiger partial charge in [-0.3, -0.25) is 5.32 Å². The summed E-state index contributed by atoms with van der Waals surface area (Å²) in [5, 5.41) is 3.36. The van der Waals surface area contributed by atoms with Gasteiger partial charge in [0.15, 0.2) is 6.10 Å². The summed E-state index contributed by atoms with van der Waals surface area (Å²) >= 11 is 0. The number of methoxy groups -OCH3 is 3. The summed E-state index contributed by atoms with van der Waals surface area (Å²) in [5.74, 6) is 0.883. The molecular weight excluding hydrogens is 322 g/mol. The van der Waals surface area contributed by atoms with Crippen molar-refractivity contribution in [3.63, 3.8) is 0 Å². The van der Waals surface area contributed by atoms with Gasteiger partial charge in [0.25, 0.3) is 0 Å². The van der Waals surface area contributed by atoms with E-state index < -0.39 is 18.3 Å². The van der Waals surface area contributed by atoms with Gasteiger partial charge in [0, 0.05) is 11.6 Å². The molecule has 3 rings (SSSR count). The van der Waals surface area contributed by atoms with Crippen LogP contribution in [0.2, 0.25) is 0 Å². The zero-order valence-electron chi connectivity index (χ0n) is 14.4. The lowest BCUT2D eigenvalue weighted by Crippen LogP contribution is -2.30.